The Morgan fingerprint density at radius 1 is 1.41 bits per heavy atom. The van der Waals surface area contributed by atoms with Gasteiger partial charge in [0, 0.05) is 24.7 Å². The van der Waals surface area contributed by atoms with Crippen molar-refractivity contribution in [3.05, 3.63) is 35.4 Å². The average molecular weight is 312 g/mol. The van der Waals surface area contributed by atoms with E-state index >= 15 is 0 Å². The van der Waals surface area contributed by atoms with Gasteiger partial charge in [0.05, 0.1) is 11.5 Å². The Kier molecular flexibility index (Phi) is 4.35. The molecule has 0 aliphatic carbocycles. The zero-order chi connectivity index (χ0) is 16.5. The smallest absolute Gasteiger partial charge is 0.317 e. The summed E-state index contributed by atoms with van der Waals surface area (Å²) >= 11 is 0. The van der Waals surface area contributed by atoms with Crippen molar-refractivity contribution in [2.75, 3.05) is 13.1 Å². The highest BCUT2D eigenvalue weighted by atomic mass is 19.1. The van der Waals surface area contributed by atoms with Gasteiger partial charge in [-0.15, -0.1) is 0 Å². The molecule has 0 aromatic heterocycles. The van der Waals surface area contributed by atoms with E-state index in [2.05, 4.69) is 5.32 Å². The van der Waals surface area contributed by atoms with Crippen molar-refractivity contribution in [3.8, 4) is 0 Å². The Balaban J connectivity index is 2.02. The lowest BCUT2D eigenvalue weighted by Crippen LogP contribution is -2.41. The van der Waals surface area contributed by atoms with E-state index in [0.717, 1.165) is 12.1 Å². The number of amides is 2. The molecule has 1 aromatic carbocycles. The number of rotatable bonds is 3. The minimum absolute atomic E-state index is 0.104. The molecule has 2 N–H and O–H groups in total. The number of urea groups is 1. The second-order valence-electron chi connectivity index (χ2n) is 5.87. The van der Waals surface area contributed by atoms with E-state index in [0.29, 0.717) is 13.0 Å². The normalized spacial score (nSPS) is 22.5. The molecular formula is C15H18F2N2O3. The quantitative estimate of drug-likeness (QED) is 0.901. The van der Waals surface area contributed by atoms with Gasteiger partial charge in [0.25, 0.3) is 0 Å². The number of halogens is 2. The van der Waals surface area contributed by atoms with Crippen LogP contribution in [0.4, 0.5) is 13.6 Å². The van der Waals surface area contributed by atoms with Crippen LogP contribution in [-0.2, 0) is 4.79 Å². The van der Waals surface area contributed by atoms with Gasteiger partial charge in [0.1, 0.15) is 11.6 Å². The Bertz CT molecular complexity index is 608. The maximum Gasteiger partial charge on any atom is 0.317 e. The molecule has 5 nitrogen and oxygen atoms in total. The molecule has 2 rings (SSSR count). The summed E-state index contributed by atoms with van der Waals surface area (Å²) in [5.41, 5.74) is -0.781. The van der Waals surface area contributed by atoms with Crippen LogP contribution in [0.1, 0.15) is 31.9 Å². The number of nitrogens with zero attached hydrogens (tertiary/aromatic N) is 1. The first kappa shape index (κ1) is 16.2. The highest BCUT2D eigenvalue weighted by Gasteiger charge is 2.42. The topological polar surface area (TPSA) is 69.6 Å². The lowest BCUT2D eigenvalue weighted by atomic mass is 9.90. The van der Waals surface area contributed by atoms with Crippen molar-refractivity contribution in [1.29, 1.82) is 0 Å². The van der Waals surface area contributed by atoms with E-state index < -0.39 is 35.1 Å². The molecule has 7 heteroatoms. The van der Waals surface area contributed by atoms with Crippen molar-refractivity contribution in [3.63, 3.8) is 0 Å². The molecule has 1 aliphatic rings. The zero-order valence-corrected chi connectivity index (χ0v) is 12.4. The van der Waals surface area contributed by atoms with Gasteiger partial charge < -0.3 is 15.3 Å². The van der Waals surface area contributed by atoms with E-state index in [9.17, 15) is 18.4 Å². The van der Waals surface area contributed by atoms with E-state index in [1.807, 2.05) is 0 Å². The van der Waals surface area contributed by atoms with Crippen molar-refractivity contribution >= 4 is 12.0 Å². The van der Waals surface area contributed by atoms with Crippen LogP contribution in [0.3, 0.4) is 0 Å². The molecule has 1 fully saturated rings. The first-order valence-electron chi connectivity index (χ1n) is 6.97. The second kappa shape index (κ2) is 5.90. The van der Waals surface area contributed by atoms with Gasteiger partial charge in [-0.1, -0.05) is 6.07 Å². The van der Waals surface area contributed by atoms with Gasteiger partial charge in [0.15, 0.2) is 0 Å². The highest BCUT2D eigenvalue weighted by molar-refractivity contribution is 5.79. The van der Waals surface area contributed by atoms with Crippen molar-refractivity contribution in [2.45, 2.75) is 26.3 Å². The van der Waals surface area contributed by atoms with Crippen LogP contribution in [0.2, 0.25) is 0 Å². The van der Waals surface area contributed by atoms with Gasteiger partial charge in [0.2, 0.25) is 0 Å². The van der Waals surface area contributed by atoms with E-state index in [4.69, 9.17) is 5.11 Å². The van der Waals surface area contributed by atoms with Crippen molar-refractivity contribution in [2.24, 2.45) is 5.41 Å². The Labute approximate surface area is 126 Å². The molecule has 1 heterocycles. The molecule has 1 unspecified atom stereocenters. The number of carboxylic acid groups (broad SMARTS) is 1. The molecule has 120 valence electrons. The van der Waals surface area contributed by atoms with Crippen LogP contribution < -0.4 is 5.32 Å². The number of hydrogen-bond donors (Lipinski definition) is 2. The van der Waals surface area contributed by atoms with Crippen LogP contribution in [0.25, 0.3) is 0 Å². The molecule has 1 saturated heterocycles. The molecule has 0 saturated carbocycles. The summed E-state index contributed by atoms with van der Waals surface area (Å²) in [6, 6.07) is 2.06. The number of benzene rings is 1. The van der Waals surface area contributed by atoms with Crippen LogP contribution in [0.15, 0.2) is 18.2 Å². The number of hydrogen-bond acceptors (Lipinski definition) is 2. The predicted octanol–water partition coefficient (Wildman–Crippen LogP) is 2.53. The van der Waals surface area contributed by atoms with E-state index in [-0.39, 0.29) is 12.1 Å². The summed E-state index contributed by atoms with van der Waals surface area (Å²) < 4.78 is 26.6. The lowest BCUT2D eigenvalue weighted by Gasteiger charge is -2.23. The van der Waals surface area contributed by atoms with Gasteiger partial charge in [-0.25, -0.2) is 13.6 Å². The molecule has 2 atom stereocenters. The lowest BCUT2D eigenvalue weighted by molar-refractivity contribution is -0.147. The summed E-state index contributed by atoms with van der Waals surface area (Å²) in [7, 11) is 0. The maximum absolute atomic E-state index is 13.7. The number of nitrogens with one attached hydrogen (secondary N) is 1. The van der Waals surface area contributed by atoms with Crippen LogP contribution in [0, 0.1) is 17.0 Å². The van der Waals surface area contributed by atoms with Crippen LogP contribution in [-0.4, -0.2) is 35.1 Å². The molecule has 0 bridgehead atoms. The monoisotopic (exact) mass is 312 g/mol. The standard InChI is InChI=1S/C15H18F2N2O3/c1-9(11-4-3-10(16)7-12(11)17)18-14(22)19-6-5-15(2,8-19)13(20)21/h3-4,7,9H,5-6,8H2,1-2H3,(H,18,22)(H,20,21)/t9-,15?/m0/s1. The van der Waals surface area contributed by atoms with Gasteiger partial charge in [-0.3, -0.25) is 4.79 Å². The first-order chi connectivity index (χ1) is 10.2. The minimum atomic E-state index is -0.957. The van der Waals surface area contributed by atoms with E-state index in [1.54, 1.807) is 13.8 Å². The van der Waals surface area contributed by atoms with Crippen LogP contribution in [0.5, 0.6) is 0 Å². The van der Waals surface area contributed by atoms with Crippen molar-refractivity contribution in [1.82, 2.24) is 10.2 Å². The molecule has 0 radical (unpaired) electrons. The van der Waals surface area contributed by atoms with Crippen molar-refractivity contribution < 1.29 is 23.5 Å². The fraction of sp³-hybridized carbons (Fsp3) is 0.467. The molecular weight excluding hydrogens is 294 g/mol. The highest BCUT2D eigenvalue weighted by Crippen LogP contribution is 2.30. The Hall–Kier alpha value is -2.18. The molecule has 1 aromatic rings. The SMILES string of the molecule is C[C@H](NC(=O)N1CCC(C)(C(=O)O)C1)c1ccc(F)cc1F. The molecule has 0 spiro atoms. The number of likely N-dealkylation sites (tertiary alicyclic amines) is 1. The Morgan fingerprint density at radius 3 is 2.64 bits per heavy atom. The molecule has 1 aliphatic heterocycles. The number of carbonyl (C=O) groups excluding carboxylic acids is 1. The third-order valence-corrected chi connectivity index (χ3v) is 4.05. The summed E-state index contributed by atoms with van der Waals surface area (Å²) in [6.07, 6.45) is 0.370. The second-order valence-corrected chi connectivity index (χ2v) is 5.87. The summed E-state index contributed by atoms with van der Waals surface area (Å²) in [5, 5.41) is 11.8. The fourth-order valence-corrected chi connectivity index (χ4v) is 2.52. The Morgan fingerprint density at radius 2 is 2.09 bits per heavy atom. The summed E-state index contributed by atoms with van der Waals surface area (Å²) in [5.74, 6) is -2.36. The molecule has 22 heavy (non-hydrogen) atoms. The molecule has 2 amide bonds. The van der Waals surface area contributed by atoms with E-state index in [1.165, 1.54) is 11.0 Å². The minimum Gasteiger partial charge on any atom is -0.481 e. The maximum atomic E-state index is 13.7. The zero-order valence-electron chi connectivity index (χ0n) is 12.4. The van der Waals surface area contributed by atoms with Gasteiger partial charge >= 0.3 is 12.0 Å². The number of aliphatic carboxylic acids is 1. The van der Waals surface area contributed by atoms with Gasteiger partial charge in [-0.05, 0) is 26.3 Å². The van der Waals surface area contributed by atoms with Gasteiger partial charge in [-0.2, -0.15) is 0 Å². The summed E-state index contributed by atoms with van der Waals surface area (Å²) in [4.78, 5) is 24.7. The van der Waals surface area contributed by atoms with Crippen LogP contribution >= 0.6 is 0 Å². The number of carbonyl (C=O) groups is 2. The average Bonchev–Trinajstić information content (AvgIpc) is 2.82. The largest absolute Gasteiger partial charge is 0.481 e. The third kappa shape index (κ3) is 3.18. The third-order valence-electron chi connectivity index (χ3n) is 4.05. The predicted molar refractivity (Wildman–Crippen MR) is 75.2 cm³/mol. The number of carboxylic acids is 1. The fourth-order valence-electron chi connectivity index (χ4n) is 2.52. The first-order valence-corrected chi connectivity index (χ1v) is 6.97. The summed E-state index contributed by atoms with van der Waals surface area (Å²) in [6.45, 7) is 3.60.